The molecule has 1 N–H and O–H groups in total. The second-order valence-corrected chi connectivity index (χ2v) is 7.85. The third-order valence-electron chi connectivity index (χ3n) is 3.64. The lowest BCUT2D eigenvalue weighted by atomic mass is 9.97. The van der Waals surface area contributed by atoms with Crippen molar-refractivity contribution in [2.75, 3.05) is 6.61 Å². The van der Waals surface area contributed by atoms with Gasteiger partial charge in [0.05, 0.1) is 12.2 Å². The predicted molar refractivity (Wildman–Crippen MR) is 120 cm³/mol. The highest BCUT2D eigenvalue weighted by Gasteiger charge is 2.12. The average molecular weight is 403 g/mol. The van der Waals surface area contributed by atoms with Gasteiger partial charge in [0.15, 0.2) is 0 Å². The first-order valence-electron chi connectivity index (χ1n) is 9.04. The van der Waals surface area contributed by atoms with Gasteiger partial charge in [0.2, 0.25) is 0 Å². The molecule has 1 aromatic carbocycles. The Balaban J connectivity index is 2.46. The molecule has 0 amide bonds. The third-order valence-corrected chi connectivity index (χ3v) is 3.89. The van der Waals surface area contributed by atoms with Gasteiger partial charge in [-0.1, -0.05) is 41.2 Å². The van der Waals surface area contributed by atoms with E-state index in [1.807, 2.05) is 46.1 Å². The molecule has 0 bridgehead atoms. The van der Waals surface area contributed by atoms with Gasteiger partial charge in [-0.3, -0.25) is 4.68 Å². The molecule has 0 unspecified atom stereocenters. The van der Waals surface area contributed by atoms with E-state index >= 15 is 0 Å². The van der Waals surface area contributed by atoms with Crippen LogP contribution in [0.1, 0.15) is 37.6 Å². The van der Waals surface area contributed by atoms with Crippen LogP contribution in [0.2, 0.25) is 5.02 Å². The van der Waals surface area contributed by atoms with Crippen LogP contribution < -0.4 is 0 Å². The first-order valence-corrected chi connectivity index (χ1v) is 9.42. The molecule has 2 rings (SSSR count). The van der Waals surface area contributed by atoms with Crippen LogP contribution >= 0.6 is 11.6 Å². The number of halogens is 1. The molecule has 0 fully saturated rings. The van der Waals surface area contributed by atoms with Gasteiger partial charge in [-0.25, -0.2) is 0 Å². The van der Waals surface area contributed by atoms with Gasteiger partial charge in [-0.15, -0.1) is 6.42 Å². The summed E-state index contributed by atoms with van der Waals surface area (Å²) in [6.45, 7) is 5.91. The summed E-state index contributed by atoms with van der Waals surface area (Å²) in [4.78, 5) is 0. The summed E-state index contributed by atoms with van der Waals surface area (Å²) in [5, 5.41) is 15.1. The Bertz CT molecular complexity index is 1100. The number of aliphatic hydroxyl groups excluding tert-OH is 1. The molecule has 1 aromatic heterocycles. The van der Waals surface area contributed by atoms with Crippen LogP contribution in [0.4, 0.5) is 0 Å². The zero-order chi connectivity index (χ0) is 21.4. The number of allylic oxidation sites excluding steroid dienone is 3. The smallest absolute Gasteiger partial charge is 0.106 e. The molecule has 4 heteroatoms. The summed E-state index contributed by atoms with van der Waals surface area (Å²) in [5.74, 6) is 15.0. The number of hydrogen-bond acceptors (Lipinski definition) is 2. The SMILES string of the molecule is C#C/C=C(C#Cc1ccc(Cl)cc1)\C=C(/CO)c1nn(C)cc1C#CC(C)(C)C. The van der Waals surface area contributed by atoms with Gasteiger partial charge in [-0.2, -0.15) is 5.10 Å². The molecule has 2 aromatic rings. The highest BCUT2D eigenvalue weighted by Crippen LogP contribution is 2.20. The van der Waals surface area contributed by atoms with Gasteiger partial charge >= 0.3 is 0 Å². The van der Waals surface area contributed by atoms with Gasteiger partial charge in [0.1, 0.15) is 5.69 Å². The van der Waals surface area contributed by atoms with E-state index in [-0.39, 0.29) is 12.0 Å². The molecular formula is C25H23ClN2O. The summed E-state index contributed by atoms with van der Waals surface area (Å²) in [5.41, 5.74) is 3.21. The van der Waals surface area contributed by atoms with Crippen molar-refractivity contribution in [3.63, 3.8) is 0 Å². The number of aliphatic hydroxyl groups is 1. The molecule has 0 spiro atoms. The van der Waals surface area contributed by atoms with E-state index in [0.717, 1.165) is 11.1 Å². The normalized spacial score (nSPS) is 11.8. The van der Waals surface area contributed by atoms with Crippen LogP contribution in [0.25, 0.3) is 5.57 Å². The Kier molecular flexibility index (Phi) is 7.52. The van der Waals surface area contributed by atoms with Crippen LogP contribution in [0, 0.1) is 41.4 Å². The predicted octanol–water partition coefficient (Wildman–Crippen LogP) is 4.46. The summed E-state index contributed by atoms with van der Waals surface area (Å²) >= 11 is 5.91. The zero-order valence-electron chi connectivity index (χ0n) is 17.0. The van der Waals surface area contributed by atoms with Crippen LogP contribution in [0.3, 0.4) is 0 Å². The van der Waals surface area contributed by atoms with Crippen LogP contribution in [-0.4, -0.2) is 21.5 Å². The maximum absolute atomic E-state index is 9.97. The van der Waals surface area contributed by atoms with Crippen LogP contribution in [0.5, 0.6) is 0 Å². The van der Waals surface area contributed by atoms with E-state index in [1.54, 1.807) is 29.0 Å². The molecule has 0 saturated heterocycles. The third kappa shape index (κ3) is 7.06. The number of hydrogen-bond donors (Lipinski definition) is 1. The largest absolute Gasteiger partial charge is 0.392 e. The fraction of sp³-hybridized carbons (Fsp3) is 0.240. The maximum atomic E-state index is 9.97. The molecule has 0 aliphatic carbocycles. The summed E-state index contributed by atoms with van der Waals surface area (Å²) < 4.78 is 1.68. The van der Waals surface area contributed by atoms with Crippen molar-refractivity contribution < 1.29 is 5.11 Å². The molecule has 3 nitrogen and oxygen atoms in total. The molecule has 0 saturated carbocycles. The molecule has 0 aliphatic heterocycles. The second-order valence-electron chi connectivity index (χ2n) is 7.42. The van der Waals surface area contributed by atoms with E-state index < -0.39 is 0 Å². The zero-order valence-corrected chi connectivity index (χ0v) is 17.8. The van der Waals surface area contributed by atoms with Gasteiger partial charge in [-0.05, 0) is 51.1 Å². The molecule has 0 aliphatic rings. The Morgan fingerprint density at radius 2 is 1.93 bits per heavy atom. The summed E-state index contributed by atoms with van der Waals surface area (Å²) in [7, 11) is 1.82. The van der Waals surface area contributed by atoms with Crippen LogP contribution in [-0.2, 0) is 7.05 Å². The fourth-order valence-corrected chi connectivity index (χ4v) is 2.46. The minimum Gasteiger partial charge on any atom is -0.392 e. The molecular weight excluding hydrogens is 380 g/mol. The number of terminal acetylenes is 1. The van der Waals surface area contributed by atoms with Crippen molar-refractivity contribution in [3.05, 3.63) is 70.0 Å². The van der Waals surface area contributed by atoms with Crippen molar-refractivity contribution in [2.45, 2.75) is 20.8 Å². The molecule has 146 valence electrons. The minimum atomic E-state index is -0.217. The van der Waals surface area contributed by atoms with Gasteiger partial charge in [0, 0.05) is 46.5 Å². The molecule has 1 heterocycles. The molecule has 0 radical (unpaired) electrons. The lowest BCUT2D eigenvalue weighted by Gasteiger charge is -2.07. The van der Waals surface area contributed by atoms with Crippen LogP contribution in [0.15, 0.2) is 48.2 Å². The lowest BCUT2D eigenvalue weighted by molar-refractivity contribution is 0.349. The Hall–Kier alpha value is -3.16. The quantitative estimate of drug-likeness (QED) is 0.608. The Labute approximate surface area is 178 Å². The standard InChI is InChI=1S/C25H23ClN2O/c1-6-7-20(9-8-19-10-12-23(26)13-11-19)16-22(18-29)24-21(17-28(5)27-24)14-15-25(2,3)4/h1,7,10-13,16-17,29H,18H2,2-5H3/b20-7-,22-16+. The Morgan fingerprint density at radius 1 is 1.24 bits per heavy atom. The Morgan fingerprint density at radius 3 is 2.52 bits per heavy atom. The lowest BCUT2D eigenvalue weighted by Crippen LogP contribution is -2.00. The number of aromatic nitrogens is 2. The first kappa shape index (κ1) is 22.1. The summed E-state index contributed by atoms with van der Waals surface area (Å²) in [6, 6.07) is 7.22. The number of nitrogens with zero attached hydrogens (tertiary/aromatic N) is 2. The number of aryl methyl sites for hydroxylation is 1. The van der Waals surface area contributed by atoms with E-state index in [2.05, 4.69) is 34.7 Å². The highest BCUT2D eigenvalue weighted by molar-refractivity contribution is 6.30. The van der Waals surface area contributed by atoms with Crippen molar-refractivity contribution in [2.24, 2.45) is 12.5 Å². The minimum absolute atomic E-state index is 0.144. The second kappa shape index (κ2) is 9.86. The van der Waals surface area contributed by atoms with Crippen molar-refractivity contribution >= 4 is 17.2 Å². The first-order chi connectivity index (χ1) is 13.7. The molecule has 29 heavy (non-hydrogen) atoms. The van der Waals surface area contributed by atoms with Crippen molar-refractivity contribution in [3.8, 4) is 36.0 Å². The van der Waals surface area contributed by atoms with Crippen molar-refractivity contribution in [1.29, 1.82) is 0 Å². The van der Waals surface area contributed by atoms with E-state index in [0.29, 0.717) is 21.9 Å². The van der Waals surface area contributed by atoms with Gasteiger partial charge in [0.25, 0.3) is 0 Å². The fourth-order valence-electron chi connectivity index (χ4n) is 2.33. The van der Waals surface area contributed by atoms with E-state index in [9.17, 15) is 5.11 Å². The van der Waals surface area contributed by atoms with Gasteiger partial charge < -0.3 is 5.11 Å². The average Bonchev–Trinajstić information content (AvgIpc) is 3.03. The van der Waals surface area contributed by atoms with Crippen molar-refractivity contribution in [1.82, 2.24) is 9.78 Å². The highest BCUT2D eigenvalue weighted by atomic mass is 35.5. The van der Waals surface area contributed by atoms with E-state index in [1.165, 1.54) is 0 Å². The molecule has 0 atom stereocenters. The van der Waals surface area contributed by atoms with E-state index in [4.69, 9.17) is 18.0 Å². The summed E-state index contributed by atoms with van der Waals surface area (Å²) in [6.07, 6.45) is 10.6. The number of benzene rings is 1. The maximum Gasteiger partial charge on any atom is 0.106 e. The monoisotopic (exact) mass is 402 g/mol. The number of rotatable bonds is 3. The topological polar surface area (TPSA) is 38.1 Å².